The topological polar surface area (TPSA) is 67.2 Å². The van der Waals surface area contributed by atoms with Crippen molar-refractivity contribution < 1.29 is 4.79 Å². The van der Waals surface area contributed by atoms with Gasteiger partial charge in [0, 0.05) is 15.8 Å². The number of benzene rings is 2. The largest absolute Gasteiger partial charge is 0.272 e. The SMILES string of the molecule is O=C(CSc1nnc(SCc2ccccc2)s1)N/N=C/c1ccccc1Br. The molecule has 1 amide bonds. The van der Waals surface area contributed by atoms with Gasteiger partial charge < -0.3 is 0 Å². The summed E-state index contributed by atoms with van der Waals surface area (Å²) in [7, 11) is 0. The van der Waals surface area contributed by atoms with Gasteiger partial charge in [0.2, 0.25) is 0 Å². The van der Waals surface area contributed by atoms with Crippen LogP contribution >= 0.6 is 50.8 Å². The minimum absolute atomic E-state index is 0.183. The standard InChI is InChI=1S/C18H15BrN4OS3/c19-15-9-5-4-8-14(15)10-20-21-16(24)12-26-18-23-22-17(27-18)25-11-13-6-2-1-3-7-13/h1-10H,11-12H2,(H,21,24)/b20-10+. The van der Waals surface area contributed by atoms with Gasteiger partial charge in [-0.2, -0.15) is 5.10 Å². The number of nitrogens with zero attached hydrogens (tertiary/aromatic N) is 3. The highest BCUT2D eigenvalue weighted by molar-refractivity contribution is 9.10. The predicted octanol–water partition coefficient (Wildman–Crippen LogP) is 4.84. The van der Waals surface area contributed by atoms with Crippen molar-refractivity contribution in [3.05, 3.63) is 70.2 Å². The third-order valence-electron chi connectivity index (χ3n) is 3.22. The number of aromatic nitrogens is 2. The van der Waals surface area contributed by atoms with Gasteiger partial charge in [0.1, 0.15) is 0 Å². The minimum Gasteiger partial charge on any atom is -0.272 e. The van der Waals surface area contributed by atoms with Gasteiger partial charge in [-0.05, 0) is 11.6 Å². The Morgan fingerprint density at radius 3 is 2.56 bits per heavy atom. The molecule has 1 heterocycles. The second kappa shape index (κ2) is 10.6. The van der Waals surface area contributed by atoms with Crippen LogP contribution in [0.15, 0.2) is 72.9 Å². The lowest BCUT2D eigenvalue weighted by Gasteiger charge is -1.99. The lowest BCUT2D eigenvalue weighted by atomic mass is 10.2. The quantitative estimate of drug-likeness (QED) is 0.285. The van der Waals surface area contributed by atoms with Gasteiger partial charge in [0.15, 0.2) is 8.68 Å². The molecule has 0 aliphatic rings. The molecule has 3 aromatic rings. The molecular weight excluding hydrogens is 464 g/mol. The molecule has 0 aliphatic heterocycles. The molecular formula is C18H15BrN4OS3. The number of rotatable bonds is 8. The zero-order chi connectivity index (χ0) is 18.9. The van der Waals surface area contributed by atoms with Crippen LogP contribution in [0.2, 0.25) is 0 Å². The average molecular weight is 479 g/mol. The third-order valence-corrected chi connectivity index (χ3v) is 7.20. The zero-order valence-electron chi connectivity index (χ0n) is 14.0. The smallest absolute Gasteiger partial charge is 0.250 e. The van der Waals surface area contributed by atoms with Crippen LogP contribution in [-0.2, 0) is 10.5 Å². The molecule has 3 rings (SSSR count). The summed E-state index contributed by atoms with van der Waals surface area (Å²) >= 11 is 7.93. The van der Waals surface area contributed by atoms with Crippen molar-refractivity contribution in [1.82, 2.24) is 15.6 Å². The number of thioether (sulfide) groups is 2. The number of carbonyl (C=O) groups is 1. The van der Waals surface area contributed by atoms with Crippen LogP contribution in [-0.4, -0.2) is 28.1 Å². The lowest BCUT2D eigenvalue weighted by Crippen LogP contribution is -2.19. The van der Waals surface area contributed by atoms with E-state index in [-0.39, 0.29) is 11.7 Å². The molecule has 0 saturated carbocycles. The van der Waals surface area contributed by atoms with E-state index in [9.17, 15) is 4.79 Å². The molecule has 27 heavy (non-hydrogen) atoms. The second-order valence-corrected chi connectivity index (χ2v) is 9.49. The number of hydrazone groups is 1. The van der Waals surface area contributed by atoms with Gasteiger partial charge in [0.05, 0.1) is 12.0 Å². The van der Waals surface area contributed by atoms with Crippen molar-refractivity contribution in [1.29, 1.82) is 0 Å². The van der Waals surface area contributed by atoms with Gasteiger partial charge in [-0.25, -0.2) is 5.43 Å². The Balaban J connectivity index is 1.41. The Hall–Kier alpha value is -1.68. The van der Waals surface area contributed by atoms with Crippen molar-refractivity contribution in [3.8, 4) is 0 Å². The zero-order valence-corrected chi connectivity index (χ0v) is 18.1. The Bertz CT molecular complexity index is 918. The van der Waals surface area contributed by atoms with Gasteiger partial charge in [0.25, 0.3) is 5.91 Å². The van der Waals surface area contributed by atoms with Crippen LogP contribution < -0.4 is 5.43 Å². The number of nitrogens with one attached hydrogen (secondary N) is 1. The number of amides is 1. The Morgan fingerprint density at radius 1 is 1.07 bits per heavy atom. The molecule has 0 radical (unpaired) electrons. The van der Waals surface area contributed by atoms with E-state index < -0.39 is 0 Å². The molecule has 0 bridgehead atoms. The van der Waals surface area contributed by atoms with Crippen LogP contribution in [0.3, 0.4) is 0 Å². The monoisotopic (exact) mass is 478 g/mol. The van der Waals surface area contributed by atoms with E-state index in [1.807, 2.05) is 42.5 Å². The van der Waals surface area contributed by atoms with E-state index >= 15 is 0 Å². The first-order valence-electron chi connectivity index (χ1n) is 7.90. The van der Waals surface area contributed by atoms with Gasteiger partial charge in [-0.1, -0.05) is 99.3 Å². The molecule has 5 nitrogen and oxygen atoms in total. The Morgan fingerprint density at radius 2 is 1.78 bits per heavy atom. The second-order valence-electron chi connectivity index (χ2n) is 5.21. The summed E-state index contributed by atoms with van der Waals surface area (Å²) in [6.45, 7) is 0. The van der Waals surface area contributed by atoms with Gasteiger partial charge in [-0.15, -0.1) is 10.2 Å². The fourth-order valence-electron chi connectivity index (χ4n) is 1.95. The third kappa shape index (κ3) is 6.76. The number of hydrogen-bond acceptors (Lipinski definition) is 7. The normalized spacial score (nSPS) is 11.0. The first-order valence-corrected chi connectivity index (χ1v) is 11.5. The number of halogens is 1. The first kappa shape index (κ1) is 20.1. The highest BCUT2D eigenvalue weighted by atomic mass is 79.9. The highest BCUT2D eigenvalue weighted by Crippen LogP contribution is 2.30. The molecule has 138 valence electrons. The van der Waals surface area contributed by atoms with E-state index in [0.29, 0.717) is 0 Å². The maximum atomic E-state index is 11.9. The molecule has 1 N–H and O–H groups in total. The van der Waals surface area contributed by atoms with E-state index in [1.165, 1.54) is 28.7 Å². The fourth-order valence-corrected chi connectivity index (χ4v) is 5.10. The molecule has 0 saturated heterocycles. The molecule has 0 spiro atoms. The van der Waals surface area contributed by atoms with E-state index in [0.717, 1.165) is 24.5 Å². The van der Waals surface area contributed by atoms with Crippen molar-refractivity contribution in [2.24, 2.45) is 5.10 Å². The van der Waals surface area contributed by atoms with Gasteiger partial charge in [-0.3, -0.25) is 4.79 Å². The minimum atomic E-state index is -0.183. The van der Waals surface area contributed by atoms with E-state index in [2.05, 4.69) is 48.8 Å². The first-order chi connectivity index (χ1) is 13.2. The van der Waals surface area contributed by atoms with Crippen LogP contribution in [0, 0.1) is 0 Å². The molecule has 0 atom stereocenters. The van der Waals surface area contributed by atoms with E-state index in [4.69, 9.17) is 0 Å². The van der Waals surface area contributed by atoms with Crippen molar-refractivity contribution in [2.75, 3.05) is 5.75 Å². The summed E-state index contributed by atoms with van der Waals surface area (Å²) in [5.41, 5.74) is 4.66. The summed E-state index contributed by atoms with van der Waals surface area (Å²) in [5.74, 6) is 0.910. The summed E-state index contributed by atoms with van der Waals surface area (Å²) in [6.07, 6.45) is 1.61. The van der Waals surface area contributed by atoms with Crippen LogP contribution in [0.4, 0.5) is 0 Å². The average Bonchev–Trinajstić information content (AvgIpc) is 3.15. The predicted molar refractivity (Wildman–Crippen MR) is 117 cm³/mol. The van der Waals surface area contributed by atoms with Crippen LogP contribution in [0.5, 0.6) is 0 Å². The molecule has 1 aromatic heterocycles. The summed E-state index contributed by atoms with van der Waals surface area (Å²) < 4.78 is 2.59. The lowest BCUT2D eigenvalue weighted by molar-refractivity contribution is -0.118. The van der Waals surface area contributed by atoms with Crippen LogP contribution in [0.1, 0.15) is 11.1 Å². The molecule has 0 fully saturated rings. The number of hydrogen-bond donors (Lipinski definition) is 1. The number of carbonyl (C=O) groups excluding carboxylic acids is 1. The Labute approximate surface area is 178 Å². The summed E-state index contributed by atoms with van der Waals surface area (Å²) in [4.78, 5) is 11.9. The maximum absolute atomic E-state index is 11.9. The molecule has 0 unspecified atom stereocenters. The summed E-state index contributed by atoms with van der Waals surface area (Å²) in [5, 5.41) is 12.3. The van der Waals surface area contributed by atoms with Crippen molar-refractivity contribution in [3.63, 3.8) is 0 Å². The van der Waals surface area contributed by atoms with Gasteiger partial charge >= 0.3 is 0 Å². The van der Waals surface area contributed by atoms with Crippen molar-refractivity contribution >= 4 is 62.9 Å². The maximum Gasteiger partial charge on any atom is 0.250 e. The fraction of sp³-hybridized carbons (Fsp3) is 0.111. The summed E-state index contributed by atoms with van der Waals surface area (Å²) in [6, 6.07) is 17.9. The highest BCUT2D eigenvalue weighted by Gasteiger charge is 2.08. The van der Waals surface area contributed by atoms with E-state index in [1.54, 1.807) is 18.0 Å². The molecule has 2 aromatic carbocycles. The van der Waals surface area contributed by atoms with Crippen molar-refractivity contribution in [2.45, 2.75) is 14.4 Å². The Kier molecular flexibility index (Phi) is 7.88. The molecule has 0 aliphatic carbocycles. The van der Waals surface area contributed by atoms with Crippen LogP contribution in [0.25, 0.3) is 0 Å². The molecule has 9 heteroatoms.